The molecule has 8 nitrogen and oxygen atoms in total. The van der Waals surface area contributed by atoms with E-state index < -0.39 is 55.9 Å². The van der Waals surface area contributed by atoms with Crippen LogP contribution in [0.15, 0.2) is 64.6 Å². The van der Waals surface area contributed by atoms with Crippen LogP contribution in [0.4, 0.5) is 18.9 Å². The lowest BCUT2D eigenvalue weighted by Gasteiger charge is -2.38. The number of carbonyl (C=O) groups excluding carboxylic acids is 1. The van der Waals surface area contributed by atoms with Crippen molar-refractivity contribution >= 4 is 39.2 Å². The maximum atomic E-state index is 13.9. The van der Waals surface area contributed by atoms with Gasteiger partial charge in [-0.25, -0.2) is 21.6 Å². The van der Waals surface area contributed by atoms with Crippen molar-refractivity contribution in [2.45, 2.75) is 48.0 Å². The van der Waals surface area contributed by atoms with Crippen LogP contribution < -0.4 is 10.1 Å². The van der Waals surface area contributed by atoms with Gasteiger partial charge in [0, 0.05) is 23.4 Å². The zero-order valence-corrected chi connectivity index (χ0v) is 24.5. The Hall–Kier alpha value is -3.61. The maximum Gasteiger partial charge on any atom is 0.255 e. The molecule has 2 aliphatic carbocycles. The highest BCUT2D eigenvalue weighted by molar-refractivity contribution is 7.92. The van der Waals surface area contributed by atoms with E-state index in [2.05, 4.69) is 10.5 Å². The average molecular weight is 637 g/mol. The molecule has 3 aromatic carbocycles. The summed E-state index contributed by atoms with van der Waals surface area (Å²) in [6.45, 7) is 0.154. The van der Waals surface area contributed by atoms with E-state index in [1.54, 1.807) is 19.2 Å². The second kappa shape index (κ2) is 12.2. The van der Waals surface area contributed by atoms with Crippen LogP contribution in [0.5, 0.6) is 5.75 Å². The average Bonchev–Trinajstić information content (AvgIpc) is 3.27. The monoisotopic (exact) mass is 636 g/mol. The summed E-state index contributed by atoms with van der Waals surface area (Å²) in [7, 11) is -2.52. The highest BCUT2D eigenvalue weighted by Crippen LogP contribution is 2.51. The number of fused-ring (bicyclic) bond motifs is 2. The molecule has 0 aliphatic heterocycles. The summed E-state index contributed by atoms with van der Waals surface area (Å²) in [5, 5.41) is 16.5. The van der Waals surface area contributed by atoms with Crippen LogP contribution in [0, 0.1) is 29.3 Å². The van der Waals surface area contributed by atoms with E-state index in [1.807, 2.05) is 12.1 Å². The van der Waals surface area contributed by atoms with E-state index >= 15 is 0 Å². The van der Waals surface area contributed by atoms with Crippen LogP contribution in [0.25, 0.3) is 0 Å². The Labute approximate surface area is 251 Å². The molecule has 0 spiro atoms. The number of oxime groups is 1. The number of sulfone groups is 1. The molecule has 1 amide bonds. The van der Waals surface area contributed by atoms with Crippen molar-refractivity contribution in [3.8, 4) is 5.75 Å². The quantitative estimate of drug-likeness (QED) is 0.171. The molecule has 2 N–H and O–H groups in total. The molecule has 228 valence electrons. The zero-order chi connectivity index (χ0) is 30.9. The van der Waals surface area contributed by atoms with Gasteiger partial charge in [0.15, 0.2) is 27.3 Å². The Morgan fingerprint density at radius 3 is 2.42 bits per heavy atom. The number of hydrogen-bond donors (Lipinski definition) is 2. The summed E-state index contributed by atoms with van der Waals surface area (Å²) in [5.74, 6) is -5.67. The Bertz CT molecular complexity index is 1650. The first-order valence-corrected chi connectivity index (χ1v) is 15.3. The highest BCUT2D eigenvalue weighted by Gasteiger charge is 2.54. The molecule has 2 bridgehead atoms. The molecule has 2 fully saturated rings. The highest BCUT2D eigenvalue weighted by atomic mass is 35.5. The van der Waals surface area contributed by atoms with Crippen LogP contribution >= 0.6 is 11.6 Å². The fraction of sp³-hybridized carbons (Fsp3) is 0.333. The molecule has 13 heteroatoms. The fourth-order valence-electron chi connectivity index (χ4n) is 6.03. The number of methoxy groups -OCH3 is 1. The third kappa shape index (κ3) is 6.51. The Morgan fingerprint density at radius 2 is 1.77 bits per heavy atom. The molecule has 2 atom stereocenters. The standard InChI is InChI=1S/C30H28ClF3N2O6S/c1-41-22-4-2-3-17(9-22)15-42-35-16-30(38)13-19-5-6-20(14-30)28(19)43(39,40)26-10-18(7-8-23(26)31)29(37)36-21-11-24(32)27(34)25(33)12-21/h2-4,7-12,16,19-20,28,38H,5-6,13-15H2,1H3,(H,36,37)/b35-16+/t19?,20?,28-,30-. The van der Waals surface area contributed by atoms with E-state index in [9.17, 15) is 31.5 Å². The van der Waals surface area contributed by atoms with E-state index in [0.29, 0.717) is 30.7 Å². The van der Waals surface area contributed by atoms with E-state index in [0.717, 1.165) is 11.6 Å². The number of ether oxygens (including phenoxy) is 1. The van der Waals surface area contributed by atoms with Crippen LogP contribution in [0.3, 0.4) is 0 Å². The van der Waals surface area contributed by atoms with E-state index in [-0.39, 0.29) is 40.6 Å². The lowest BCUT2D eigenvalue weighted by atomic mass is 9.78. The van der Waals surface area contributed by atoms with Gasteiger partial charge in [-0.2, -0.15) is 0 Å². The Kier molecular flexibility index (Phi) is 8.73. The number of hydrogen-bond acceptors (Lipinski definition) is 7. The van der Waals surface area contributed by atoms with Gasteiger partial charge in [-0.05, 0) is 73.4 Å². The smallest absolute Gasteiger partial charge is 0.255 e. The largest absolute Gasteiger partial charge is 0.497 e. The fourth-order valence-corrected chi connectivity index (χ4v) is 8.87. The molecular formula is C30H28ClF3N2O6S. The Balaban J connectivity index is 1.29. The first kappa shape index (κ1) is 30.8. The predicted molar refractivity (Wildman–Crippen MR) is 153 cm³/mol. The van der Waals surface area contributed by atoms with Gasteiger partial charge in [0.25, 0.3) is 5.91 Å². The van der Waals surface area contributed by atoms with Gasteiger partial charge < -0.3 is 20.0 Å². The van der Waals surface area contributed by atoms with Gasteiger partial charge in [-0.3, -0.25) is 4.79 Å². The number of rotatable bonds is 9. The topological polar surface area (TPSA) is 114 Å². The van der Waals surface area contributed by atoms with Crippen LogP contribution in [-0.4, -0.2) is 43.6 Å². The number of amides is 1. The molecule has 5 rings (SSSR count). The number of nitrogens with zero attached hydrogens (tertiary/aromatic N) is 1. The third-order valence-corrected chi connectivity index (χ3v) is 10.8. The van der Waals surface area contributed by atoms with Crippen molar-refractivity contribution < 1.29 is 41.1 Å². The third-order valence-electron chi connectivity index (χ3n) is 7.90. The zero-order valence-electron chi connectivity index (χ0n) is 22.9. The van der Waals surface area contributed by atoms with Gasteiger partial charge in [0.05, 0.1) is 28.5 Å². The van der Waals surface area contributed by atoms with Crippen LogP contribution in [0.2, 0.25) is 5.02 Å². The summed E-state index contributed by atoms with van der Waals surface area (Å²) in [6.07, 6.45) is 2.72. The van der Waals surface area contributed by atoms with Gasteiger partial charge in [0.2, 0.25) is 0 Å². The normalized spacial score (nSPS) is 23.3. The summed E-state index contributed by atoms with van der Waals surface area (Å²) < 4.78 is 73.4. The number of carbonyl (C=O) groups is 1. The first-order valence-electron chi connectivity index (χ1n) is 13.4. The molecular weight excluding hydrogens is 609 g/mol. The molecule has 2 saturated carbocycles. The van der Waals surface area contributed by atoms with E-state index in [4.69, 9.17) is 21.2 Å². The minimum absolute atomic E-state index is 0.0943. The summed E-state index contributed by atoms with van der Waals surface area (Å²) in [5.41, 5.74) is -1.02. The van der Waals surface area contributed by atoms with Crippen molar-refractivity contribution in [2.24, 2.45) is 17.0 Å². The molecule has 3 aromatic rings. The summed E-state index contributed by atoms with van der Waals surface area (Å²) in [4.78, 5) is 17.9. The van der Waals surface area contributed by atoms with Crippen LogP contribution in [0.1, 0.15) is 41.6 Å². The van der Waals surface area contributed by atoms with E-state index in [1.165, 1.54) is 18.3 Å². The second-order valence-corrected chi connectivity index (χ2v) is 13.3. The van der Waals surface area contributed by atoms with Gasteiger partial charge in [-0.1, -0.05) is 28.9 Å². The van der Waals surface area contributed by atoms with Gasteiger partial charge in [0.1, 0.15) is 18.0 Å². The van der Waals surface area contributed by atoms with Crippen molar-refractivity contribution in [1.82, 2.24) is 0 Å². The summed E-state index contributed by atoms with van der Waals surface area (Å²) >= 11 is 6.30. The van der Waals surface area contributed by atoms with Crippen molar-refractivity contribution in [2.75, 3.05) is 12.4 Å². The lowest BCUT2D eigenvalue weighted by molar-refractivity contribution is 0.0410. The minimum atomic E-state index is -4.07. The number of halogens is 4. The first-order chi connectivity index (χ1) is 20.4. The molecule has 0 radical (unpaired) electrons. The minimum Gasteiger partial charge on any atom is -0.497 e. The van der Waals surface area contributed by atoms with Gasteiger partial charge >= 0.3 is 0 Å². The molecule has 0 saturated heterocycles. The summed E-state index contributed by atoms with van der Waals surface area (Å²) in [6, 6.07) is 12.1. The molecule has 2 unspecified atom stereocenters. The van der Waals surface area contributed by atoms with Crippen molar-refractivity contribution in [3.05, 3.63) is 88.2 Å². The number of nitrogens with one attached hydrogen (secondary N) is 1. The predicted octanol–water partition coefficient (Wildman–Crippen LogP) is 5.91. The molecule has 0 aromatic heterocycles. The molecule has 0 heterocycles. The molecule has 2 aliphatic rings. The van der Waals surface area contributed by atoms with Crippen molar-refractivity contribution in [3.63, 3.8) is 0 Å². The Morgan fingerprint density at radius 1 is 1.09 bits per heavy atom. The van der Waals surface area contributed by atoms with Gasteiger partial charge in [-0.15, -0.1) is 0 Å². The van der Waals surface area contributed by atoms with Crippen LogP contribution in [-0.2, 0) is 21.3 Å². The number of benzene rings is 3. The SMILES string of the molecule is COc1cccc(CO/N=C/[C@]2(O)CC3CCC(C2)[C@H]3S(=O)(=O)c2cc(C(=O)Nc3cc(F)c(F)c(F)c3)ccc2Cl)c1. The molecule has 43 heavy (non-hydrogen) atoms. The number of anilines is 1. The van der Waals surface area contributed by atoms with Crippen molar-refractivity contribution in [1.29, 1.82) is 0 Å². The lowest BCUT2D eigenvalue weighted by Crippen LogP contribution is -2.47. The number of aliphatic hydroxyl groups is 1. The maximum absolute atomic E-state index is 13.9. The second-order valence-electron chi connectivity index (χ2n) is 10.8.